The van der Waals surface area contributed by atoms with E-state index in [2.05, 4.69) is 16.7 Å². The SMILES string of the molecule is C=Cc1noc(C(C)(C)C)n1. The van der Waals surface area contributed by atoms with Crippen LogP contribution >= 0.6 is 0 Å². The molecule has 0 atom stereocenters. The summed E-state index contributed by atoms with van der Waals surface area (Å²) in [6.45, 7) is 9.60. The summed E-state index contributed by atoms with van der Waals surface area (Å²) >= 11 is 0. The Morgan fingerprint density at radius 1 is 1.45 bits per heavy atom. The molecule has 0 amide bonds. The lowest BCUT2D eigenvalue weighted by atomic mass is 9.97. The zero-order chi connectivity index (χ0) is 8.48. The van der Waals surface area contributed by atoms with Crippen LogP contribution in [0.1, 0.15) is 32.5 Å². The quantitative estimate of drug-likeness (QED) is 0.617. The molecule has 0 aliphatic heterocycles. The van der Waals surface area contributed by atoms with Crippen LogP contribution in [0.5, 0.6) is 0 Å². The molecule has 0 radical (unpaired) electrons. The van der Waals surface area contributed by atoms with Crippen LogP contribution in [0.25, 0.3) is 6.08 Å². The van der Waals surface area contributed by atoms with E-state index < -0.39 is 0 Å². The highest BCUT2D eigenvalue weighted by Gasteiger charge is 2.20. The first kappa shape index (κ1) is 7.98. The Balaban J connectivity index is 2.98. The van der Waals surface area contributed by atoms with Gasteiger partial charge in [-0.25, -0.2) is 0 Å². The average molecular weight is 152 g/mol. The van der Waals surface area contributed by atoms with Crippen molar-refractivity contribution in [3.63, 3.8) is 0 Å². The lowest BCUT2D eigenvalue weighted by Crippen LogP contribution is -2.11. The summed E-state index contributed by atoms with van der Waals surface area (Å²) in [4.78, 5) is 4.10. The van der Waals surface area contributed by atoms with Crippen LogP contribution in [0.3, 0.4) is 0 Å². The molecule has 0 saturated carbocycles. The predicted octanol–water partition coefficient (Wildman–Crippen LogP) is 2.01. The molecule has 60 valence electrons. The molecule has 3 nitrogen and oxygen atoms in total. The lowest BCUT2D eigenvalue weighted by molar-refractivity contribution is 0.320. The fraction of sp³-hybridized carbons (Fsp3) is 0.500. The van der Waals surface area contributed by atoms with E-state index in [0.29, 0.717) is 11.7 Å². The number of hydrogen-bond donors (Lipinski definition) is 0. The molecule has 1 heterocycles. The minimum Gasteiger partial charge on any atom is -0.338 e. The number of aromatic nitrogens is 2. The van der Waals surface area contributed by atoms with Crippen LogP contribution in [0.15, 0.2) is 11.1 Å². The number of hydrogen-bond acceptors (Lipinski definition) is 3. The van der Waals surface area contributed by atoms with Gasteiger partial charge in [0.05, 0.1) is 0 Å². The highest BCUT2D eigenvalue weighted by Crippen LogP contribution is 2.19. The Hall–Kier alpha value is -1.12. The summed E-state index contributed by atoms with van der Waals surface area (Å²) in [7, 11) is 0. The van der Waals surface area contributed by atoms with Gasteiger partial charge in [-0.2, -0.15) is 4.98 Å². The monoisotopic (exact) mass is 152 g/mol. The summed E-state index contributed by atoms with van der Waals surface area (Å²) in [5.41, 5.74) is -0.0751. The third-order valence-electron chi connectivity index (χ3n) is 1.27. The Bertz CT molecular complexity index is 257. The third kappa shape index (κ3) is 1.67. The van der Waals surface area contributed by atoms with Gasteiger partial charge < -0.3 is 4.52 Å². The van der Waals surface area contributed by atoms with E-state index in [1.54, 1.807) is 6.08 Å². The minimum atomic E-state index is -0.0751. The minimum absolute atomic E-state index is 0.0751. The van der Waals surface area contributed by atoms with Gasteiger partial charge in [0.2, 0.25) is 5.89 Å². The summed E-state index contributed by atoms with van der Waals surface area (Å²) in [5, 5.41) is 3.70. The van der Waals surface area contributed by atoms with Crippen LogP contribution in [0.2, 0.25) is 0 Å². The van der Waals surface area contributed by atoms with E-state index in [0.717, 1.165) is 0 Å². The van der Waals surface area contributed by atoms with Gasteiger partial charge in [-0.1, -0.05) is 32.5 Å². The molecule has 0 bridgehead atoms. The van der Waals surface area contributed by atoms with Crippen molar-refractivity contribution in [2.24, 2.45) is 0 Å². The second kappa shape index (κ2) is 2.49. The molecule has 11 heavy (non-hydrogen) atoms. The van der Waals surface area contributed by atoms with Crippen molar-refractivity contribution in [2.75, 3.05) is 0 Å². The van der Waals surface area contributed by atoms with E-state index in [4.69, 9.17) is 4.52 Å². The van der Waals surface area contributed by atoms with Gasteiger partial charge in [-0.15, -0.1) is 0 Å². The molecule has 0 unspecified atom stereocenters. The van der Waals surface area contributed by atoms with Crippen LogP contribution in [0, 0.1) is 0 Å². The highest BCUT2D eigenvalue weighted by molar-refractivity contribution is 5.34. The molecule has 0 aromatic carbocycles. The van der Waals surface area contributed by atoms with Gasteiger partial charge in [0, 0.05) is 5.41 Å². The van der Waals surface area contributed by atoms with E-state index in [1.165, 1.54) is 0 Å². The van der Waals surface area contributed by atoms with Crippen molar-refractivity contribution in [1.82, 2.24) is 10.1 Å². The predicted molar refractivity (Wildman–Crippen MR) is 43.1 cm³/mol. The molecule has 1 rings (SSSR count). The maximum Gasteiger partial charge on any atom is 0.232 e. The van der Waals surface area contributed by atoms with Crippen molar-refractivity contribution in [3.05, 3.63) is 18.3 Å². The highest BCUT2D eigenvalue weighted by atomic mass is 16.5. The second-order valence-corrected chi connectivity index (χ2v) is 3.41. The van der Waals surface area contributed by atoms with Crippen molar-refractivity contribution in [3.8, 4) is 0 Å². The lowest BCUT2D eigenvalue weighted by Gasteiger charge is -2.10. The Morgan fingerprint density at radius 3 is 2.36 bits per heavy atom. The fourth-order valence-corrected chi connectivity index (χ4v) is 0.622. The van der Waals surface area contributed by atoms with Gasteiger partial charge in [0.1, 0.15) is 0 Å². The van der Waals surface area contributed by atoms with E-state index in [-0.39, 0.29) is 5.41 Å². The molecule has 0 aliphatic carbocycles. The molecule has 0 spiro atoms. The summed E-state index contributed by atoms with van der Waals surface area (Å²) in [5.74, 6) is 1.20. The zero-order valence-corrected chi connectivity index (χ0v) is 7.09. The van der Waals surface area contributed by atoms with Crippen LogP contribution in [-0.4, -0.2) is 10.1 Å². The van der Waals surface area contributed by atoms with Crippen LogP contribution in [0.4, 0.5) is 0 Å². The Kier molecular flexibility index (Phi) is 1.81. The second-order valence-electron chi connectivity index (χ2n) is 3.41. The van der Waals surface area contributed by atoms with E-state index in [1.807, 2.05) is 20.8 Å². The van der Waals surface area contributed by atoms with E-state index in [9.17, 15) is 0 Å². The maximum atomic E-state index is 4.99. The molecule has 1 aromatic heterocycles. The van der Waals surface area contributed by atoms with Crippen LogP contribution in [-0.2, 0) is 5.41 Å². The molecule has 0 aliphatic rings. The first-order valence-corrected chi connectivity index (χ1v) is 3.50. The number of rotatable bonds is 1. The smallest absolute Gasteiger partial charge is 0.232 e. The first-order chi connectivity index (χ1) is 5.04. The molecular formula is C8H12N2O. The van der Waals surface area contributed by atoms with Crippen molar-refractivity contribution >= 4 is 6.08 Å². The summed E-state index contributed by atoms with van der Waals surface area (Å²) in [6.07, 6.45) is 1.57. The Morgan fingerprint density at radius 2 is 2.09 bits per heavy atom. The average Bonchev–Trinajstić information content (AvgIpc) is 2.32. The first-order valence-electron chi connectivity index (χ1n) is 3.50. The largest absolute Gasteiger partial charge is 0.338 e. The summed E-state index contributed by atoms with van der Waals surface area (Å²) < 4.78 is 4.99. The fourth-order valence-electron chi connectivity index (χ4n) is 0.622. The Labute approximate surface area is 66.1 Å². The topological polar surface area (TPSA) is 38.9 Å². The maximum absolute atomic E-state index is 4.99. The normalized spacial score (nSPS) is 11.5. The van der Waals surface area contributed by atoms with Gasteiger partial charge in [0.15, 0.2) is 5.82 Å². The molecule has 0 fully saturated rings. The van der Waals surface area contributed by atoms with Gasteiger partial charge in [0.25, 0.3) is 0 Å². The van der Waals surface area contributed by atoms with Crippen molar-refractivity contribution in [1.29, 1.82) is 0 Å². The van der Waals surface area contributed by atoms with Crippen LogP contribution < -0.4 is 0 Å². The van der Waals surface area contributed by atoms with E-state index >= 15 is 0 Å². The molecule has 0 saturated heterocycles. The molecule has 3 heteroatoms. The van der Waals surface area contributed by atoms with Gasteiger partial charge in [-0.05, 0) is 6.08 Å². The molecule has 1 aromatic rings. The van der Waals surface area contributed by atoms with Gasteiger partial charge in [-0.3, -0.25) is 0 Å². The zero-order valence-electron chi connectivity index (χ0n) is 7.09. The number of nitrogens with zero attached hydrogens (tertiary/aromatic N) is 2. The standard InChI is InChI=1S/C8H12N2O/c1-5-6-9-7(11-10-6)8(2,3)4/h5H,1H2,2-4H3. The van der Waals surface area contributed by atoms with Crippen molar-refractivity contribution in [2.45, 2.75) is 26.2 Å². The summed E-state index contributed by atoms with van der Waals surface area (Å²) in [6, 6.07) is 0. The van der Waals surface area contributed by atoms with Gasteiger partial charge >= 0.3 is 0 Å². The molecular weight excluding hydrogens is 140 g/mol. The van der Waals surface area contributed by atoms with Crippen molar-refractivity contribution < 1.29 is 4.52 Å². The molecule has 0 N–H and O–H groups in total. The third-order valence-corrected chi connectivity index (χ3v) is 1.27.